The van der Waals surface area contributed by atoms with Crippen molar-refractivity contribution in [2.45, 2.75) is 0 Å². The van der Waals surface area contributed by atoms with Crippen molar-refractivity contribution in [2.24, 2.45) is 0 Å². The summed E-state index contributed by atoms with van der Waals surface area (Å²) in [5, 5.41) is 9.34. The molecule has 3 nitrogen and oxygen atoms in total. The normalized spacial score (nSPS) is 11.6. The van der Waals surface area contributed by atoms with E-state index >= 15 is 0 Å². The lowest BCUT2D eigenvalue weighted by Crippen LogP contribution is -2.10. The fraction of sp³-hybridized carbons (Fsp3) is 0. The Morgan fingerprint density at radius 2 is 1.10 bits per heavy atom. The summed E-state index contributed by atoms with van der Waals surface area (Å²) in [5.41, 5.74) is 9.77. The first kappa shape index (κ1) is 28.3. The van der Waals surface area contributed by atoms with Crippen molar-refractivity contribution in [2.75, 3.05) is 4.90 Å². The lowest BCUT2D eigenvalue weighted by atomic mass is 9.97. The molecular formula is C47H30N2O. The first-order valence-corrected chi connectivity index (χ1v) is 16.9. The summed E-state index contributed by atoms with van der Waals surface area (Å²) in [6.45, 7) is 0. The zero-order valence-electron chi connectivity index (χ0n) is 27.1. The maximum Gasteiger partial charge on any atom is 0.138 e. The van der Waals surface area contributed by atoms with E-state index in [9.17, 15) is 0 Å². The molecule has 0 aliphatic heterocycles. The highest BCUT2D eigenvalue weighted by atomic mass is 16.3. The van der Waals surface area contributed by atoms with Crippen LogP contribution in [-0.4, -0.2) is 4.98 Å². The van der Waals surface area contributed by atoms with Crippen LogP contribution in [0, 0.1) is 0 Å². The molecule has 0 atom stereocenters. The zero-order valence-corrected chi connectivity index (χ0v) is 27.1. The Bertz CT molecular complexity index is 2880. The second-order valence-corrected chi connectivity index (χ2v) is 12.9. The molecule has 8 aromatic carbocycles. The number of furan rings is 1. The van der Waals surface area contributed by atoms with E-state index in [4.69, 9.17) is 4.42 Å². The predicted octanol–water partition coefficient (Wildman–Crippen LogP) is 13.2. The van der Waals surface area contributed by atoms with Crippen molar-refractivity contribution >= 4 is 71.3 Å². The topological polar surface area (TPSA) is 29.3 Å². The van der Waals surface area contributed by atoms with Gasteiger partial charge < -0.3 is 9.32 Å². The van der Waals surface area contributed by atoms with Gasteiger partial charge in [0.05, 0.1) is 0 Å². The summed E-state index contributed by atoms with van der Waals surface area (Å²) in [6.07, 6.45) is 3.66. The van der Waals surface area contributed by atoms with Crippen LogP contribution >= 0.6 is 0 Å². The number of anilines is 3. The molecule has 3 heteroatoms. The van der Waals surface area contributed by atoms with Crippen molar-refractivity contribution in [1.82, 2.24) is 4.98 Å². The van der Waals surface area contributed by atoms with Crippen LogP contribution in [0.25, 0.3) is 76.5 Å². The van der Waals surface area contributed by atoms with Gasteiger partial charge in [-0.05, 0) is 115 Å². The SMILES string of the molecule is c1cc(-c2cccc3ccccc23)cc(N(c2ccc(-c3ccc4ccccc4c3)cc2)c2ccc3cc4oc5ccncc5c4cc3c2)c1. The summed E-state index contributed by atoms with van der Waals surface area (Å²) in [5.74, 6) is 0. The highest BCUT2D eigenvalue weighted by Gasteiger charge is 2.16. The fourth-order valence-corrected chi connectivity index (χ4v) is 7.40. The molecule has 0 fully saturated rings. The van der Waals surface area contributed by atoms with Crippen molar-refractivity contribution in [3.05, 3.63) is 182 Å². The molecule has 10 rings (SSSR count). The lowest BCUT2D eigenvalue weighted by Gasteiger charge is -2.27. The van der Waals surface area contributed by atoms with E-state index in [2.05, 4.69) is 174 Å². The van der Waals surface area contributed by atoms with E-state index in [-0.39, 0.29) is 0 Å². The van der Waals surface area contributed by atoms with Gasteiger partial charge in [0, 0.05) is 40.2 Å². The highest BCUT2D eigenvalue weighted by molar-refractivity contribution is 6.10. The molecule has 0 amide bonds. The number of pyridine rings is 1. The van der Waals surface area contributed by atoms with E-state index in [0.717, 1.165) is 49.8 Å². The third-order valence-electron chi connectivity index (χ3n) is 9.88. The van der Waals surface area contributed by atoms with Crippen molar-refractivity contribution in [1.29, 1.82) is 0 Å². The second kappa shape index (κ2) is 11.5. The van der Waals surface area contributed by atoms with Gasteiger partial charge in [-0.25, -0.2) is 0 Å². The van der Waals surface area contributed by atoms with E-state index in [0.29, 0.717) is 0 Å². The molecule has 0 aliphatic rings. The Morgan fingerprint density at radius 1 is 0.380 bits per heavy atom. The summed E-state index contributed by atoms with van der Waals surface area (Å²) in [4.78, 5) is 6.73. The van der Waals surface area contributed by atoms with Crippen LogP contribution in [0.2, 0.25) is 0 Å². The molecule has 0 bridgehead atoms. The molecule has 0 unspecified atom stereocenters. The van der Waals surface area contributed by atoms with E-state index < -0.39 is 0 Å². The predicted molar refractivity (Wildman–Crippen MR) is 210 cm³/mol. The maximum absolute atomic E-state index is 6.18. The van der Waals surface area contributed by atoms with Crippen LogP contribution in [0.4, 0.5) is 17.1 Å². The quantitative estimate of drug-likeness (QED) is 0.188. The van der Waals surface area contributed by atoms with Gasteiger partial charge in [0.25, 0.3) is 0 Å². The van der Waals surface area contributed by atoms with Gasteiger partial charge in [0.1, 0.15) is 11.2 Å². The molecule has 50 heavy (non-hydrogen) atoms. The Kier molecular flexibility index (Phi) is 6.49. The van der Waals surface area contributed by atoms with Gasteiger partial charge in [-0.3, -0.25) is 4.98 Å². The number of nitrogens with zero attached hydrogens (tertiary/aromatic N) is 2. The third kappa shape index (κ3) is 4.79. The Balaban J connectivity index is 1.13. The minimum atomic E-state index is 0.851. The van der Waals surface area contributed by atoms with Gasteiger partial charge >= 0.3 is 0 Å². The van der Waals surface area contributed by atoms with Crippen molar-refractivity contribution < 1.29 is 4.42 Å². The Labute approximate surface area is 289 Å². The van der Waals surface area contributed by atoms with Crippen LogP contribution < -0.4 is 4.90 Å². The average molecular weight is 639 g/mol. The van der Waals surface area contributed by atoms with E-state index in [1.165, 1.54) is 43.8 Å². The molecule has 0 saturated carbocycles. The molecular weight excluding hydrogens is 609 g/mol. The van der Waals surface area contributed by atoms with Crippen LogP contribution in [0.3, 0.4) is 0 Å². The van der Waals surface area contributed by atoms with Crippen molar-refractivity contribution in [3.8, 4) is 22.3 Å². The minimum Gasteiger partial charge on any atom is -0.456 e. The zero-order chi connectivity index (χ0) is 33.0. The molecule has 0 aliphatic carbocycles. The molecule has 2 aromatic heterocycles. The van der Waals surface area contributed by atoms with Gasteiger partial charge in [-0.1, -0.05) is 109 Å². The second-order valence-electron chi connectivity index (χ2n) is 12.9. The number of fused-ring (bicyclic) bond motifs is 6. The number of hydrogen-bond acceptors (Lipinski definition) is 3. The smallest absolute Gasteiger partial charge is 0.138 e. The first-order valence-electron chi connectivity index (χ1n) is 16.9. The largest absolute Gasteiger partial charge is 0.456 e. The summed E-state index contributed by atoms with van der Waals surface area (Å²) in [6, 6.07) is 61.1. The maximum atomic E-state index is 6.18. The minimum absolute atomic E-state index is 0.851. The Hall–Kier alpha value is -6.71. The van der Waals surface area contributed by atoms with Gasteiger partial charge in [0.15, 0.2) is 0 Å². The molecule has 2 heterocycles. The molecule has 10 aromatic rings. The van der Waals surface area contributed by atoms with Crippen LogP contribution in [0.15, 0.2) is 187 Å². The summed E-state index contributed by atoms with van der Waals surface area (Å²) >= 11 is 0. The molecule has 0 spiro atoms. The molecule has 0 saturated heterocycles. The van der Waals surface area contributed by atoms with Crippen LogP contribution in [0.5, 0.6) is 0 Å². The number of aromatic nitrogens is 1. The van der Waals surface area contributed by atoms with E-state index in [1.807, 2.05) is 12.3 Å². The van der Waals surface area contributed by atoms with Crippen molar-refractivity contribution in [3.63, 3.8) is 0 Å². The fourth-order valence-electron chi connectivity index (χ4n) is 7.40. The Morgan fingerprint density at radius 3 is 2.02 bits per heavy atom. The number of hydrogen-bond donors (Lipinski definition) is 0. The van der Waals surface area contributed by atoms with Crippen LogP contribution in [-0.2, 0) is 0 Å². The molecule has 0 radical (unpaired) electrons. The van der Waals surface area contributed by atoms with Gasteiger partial charge in [-0.2, -0.15) is 0 Å². The number of rotatable bonds is 5. The van der Waals surface area contributed by atoms with E-state index in [1.54, 1.807) is 6.20 Å². The van der Waals surface area contributed by atoms with Gasteiger partial charge in [0.2, 0.25) is 0 Å². The summed E-state index contributed by atoms with van der Waals surface area (Å²) in [7, 11) is 0. The van der Waals surface area contributed by atoms with Crippen LogP contribution in [0.1, 0.15) is 0 Å². The standard InChI is InChI=1S/C47H30N2O/c1-2-9-34-25-35(16-15-31(34)7-1)32-17-20-39(21-18-32)49(40-12-5-11-37(26-40)43-14-6-10-33-8-3-4-13-42(33)43)41-22-19-36-29-47-44(28-38(36)27-41)45-30-48-24-23-46(45)50-47/h1-30H. The molecule has 0 N–H and O–H groups in total. The highest BCUT2D eigenvalue weighted by Crippen LogP contribution is 2.41. The average Bonchev–Trinajstić information content (AvgIpc) is 3.54. The summed E-state index contributed by atoms with van der Waals surface area (Å²) < 4.78 is 6.18. The lowest BCUT2D eigenvalue weighted by molar-refractivity contribution is 0.669. The third-order valence-corrected chi connectivity index (χ3v) is 9.88. The molecule has 234 valence electrons. The monoisotopic (exact) mass is 638 g/mol. The number of benzene rings is 8. The van der Waals surface area contributed by atoms with Gasteiger partial charge in [-0.15, -0.1) is 0 Å². The first-order chi connectivity index (χ1) is 24.7.